The largest absolute Gasteiger partial charge is 0.457 e. The molecule has 0 saturated heterocycles. The van der Waals surface area contributed by atoms with E-state index in [9.17, 15) is 9.90 Å². The lowest BCUT2D eigenvalue weighted by molar-refractivity contribution is -0.154. The molecule has 0 fully saturated rings. The first kappa shape index (κ1) is 47.1. The van der Waals surface area contributed by atoms with Gasteiger partial charge in [-0.15, -0.1) is 0 Å². The molecule has 0 aliphatic heterocycles. The van der Waals surface area contributed by atoms with Crippen LogP contribution in [0, 0.1) is 0 Å². The summed E-state index contributed by atoms with van der Waals surface area (Å²) in [5.41, 5.74) is 0. The van der Waals surface area contributed by atoms with E-state index in [-0.39, 0.29) is 12.6 Å². The first-order chi connectivity index (χ1) is 24.2. The van der Waals surface area contributed by atoms with E-state index in [1.54, 1.807) is 0 Å². The van der Waals surface area contributed by atoms with Gasteiger partial charge < -0.3 is 14.6 Å². The van der Waals surface area contributed by atoms with Crippen molar-refractivity contribution in [2.45, 2.75) is 200 Å². The minimum atomic E-state index is -0.538. The fourth-order valence-electron chi connectivity index (χ4n) is 5.77. The van der Waals surface area contributed by atoms with Crippen molar-refractivity contribution in [3.05, 3.63) is 60.8 Å². The summed E-state index contributed by atoms with van der Waals surface area (Å²) in [7, 11) is 0. The summed E-state index contributed by atoms with van der Waals surface area (Å²) in [5, 5.41) is 9.58. The van der Waals surface area contributed by atoms with Gasteiger partial charge in [0.2, 0.25) is 0 Å². The fourth-order valence-corrected chi connectivity index (χ4v) is 5.77. The zero-order valence-electron chi connectivity index (χ0n) is 32.4. The van der Waals surface area contributed by atoms with Gasteiger partial charge in [0.05, 0.1) is 13.2 Å². The molecule has 0 aliphatic carbocycles. The van der Waals surface area contributed by atoms with Gasteiger partial charge >= 0.3 is 5.97 Å². The molecular weight excluding hydrogens is 604 g/mol. The number of hydrogen-bond acceptors (Lipinski definition) is 4. The van der Waals surface area contributed by atoms with Crippen LogP contribution >= 0.6 is 0 Å². The molecule has 0 rings (SSSR count). The molecule has 1 unspecified atom stereocenters. The lowest BCUT2D eigenvalue weighted by Crippen LogP contribution is -2.27. The van der Waals surface area contributed by atoms with Gasteiger partial charge in [-0.2, -0.15) is 0 Å². The Morgan fingerprint density at radius 2 is 0.918 bits per heavy atom. The standard InChI is InChI=1S/C45H80O4/c1-3-5-7-9-11-13-15-17-18-19-20-21-22-23-24-25-26-27-29-31-33-35-37-39-41-48-43-44(42-46)49-45(47)40-38-36-34-32-30-28-16-14-12-10-8-6-4-2/h5,7,11,13,17-18,20-21,23-24,44,46H,3-4,6,8-10,12,14-16,19,22,25-43H2,1-2H3/b7-5-,13-11-,18-17-,21-20-,24-23-. The topological polar surface area (TPSA) is 55.8 Å². The molecule has 1 atom stereocenters. The maximum atomic E-state index is 12.2. The van der Waals surface area contributed by atoms with Crippen molar-refractivity contribution in [1.29, 1.82) is 0 Å². The normalized spacial score (nSPS) is 13.0. The van der Waals surface area contributed by atoms with Crippen molar-refractivity contribution in [1.82, 2.24) is 0 Å². The maximum absolute atomic E-state index is 12.2. The van der Waals surface area contributed by atoms with Crippen LogP contribution < -0.4 is 0 Å². The molecule has 0 aromatic rings. The van der Waals surface area contributed by atoms with Gasteiger partial charge in [0.15, 0.2) is 0 Å². The van der Waals surface area contributed by atoms with Crippen LogP contribution in [-0.4, -0.2) is 37.0 Å². The van der Waals surface area contributed by atoms with Crippen LogP contribution in [0.2, 0.25) is 0 Å². The predicted molar refractivity (Wildman–Crippen MR) is 214 cm³/mol. The number of allylic oxidation sites excluding steroid dienone is 10. The van der Waals surface area contributed by atoms with Crippen LogP contribution in [-0.2, 0) is 14.3 Å². The van der Waals surface area contributed by atoms with Gasteiger partial charge in [-0.05, 0) is 57.8 Å². The number of unbranched alkanes of at least 4 members (excludes halogenated alkanes) is 20. The molecule has 0 aliphatic rings. The Hall–Kier alpha value is -1.91. The SMILES string of the molecule is CC/C=C\C/C=C\C/C=C\C/C=C\C/C=C\CCCCCCCCCCOCC(CO)OC(=O)CCCCCCCCCCCCCCC. The number of esters is 1. The van der Waals surface area contributed by atoms with Gasteiger partial charge in [0.1, 0.15) is 6.10 Å². The van der Waals surface area contributed by atoms with Crippen LogP contribution in [0.25, 0.3) is 0 Å². The number of aliphatic hydroxyl groups is 1. The highest BCUT2D eigenvalue weighted by Crippen LogP contribution is 2.14. The number of ether oxygens (including phenoxy) is 2. The second-order valence-electron chi connectivity index (χ2n) is 13.7. The van der Waals surface area contributed by atoms with Crippen LogP contribution in [0.4, 0.5) is 0 Å². The first-order valence-corrected chi connectivity index (χ1v) is 20.9. The third kappa shape index (κ3) is 40.4. The summed E-state index contributed by atoms with van der Waals surface area (Å²) < 4.78 is 11.1. The number of aliphatic hydroxyl groups excluding tert-OH is 1. The fraction of sp³-hybridized carbons (Fsp3) is 0.756. The summed E-state index contributed by atoms with van der Waals surface area (Å²) in [5.74, 6) is -0.205. The quantitative estimate of drug-likeness (QED) is 0.0399. The smallest absolute Gasteiger partial charge is 0.306 e. The van der Waals surface area contributed by atoms with Crippen LogP contribution in [0.1, 0.15) is 194 Å². The number of carbonyl (C=O) groups is 1. The highest BCUT2D eigenvalue weighted by Gasteiger charge is 2.13. The summed E-state index contributed by atoms with van der Waals surface area (Å²) in [6, 6.07) is 0. The van der Waals surface area contributed by atoms with Crippen molar-refractivity contribution in [2.75, 3.05) is 19.8 Å². The third-order valence-electron chi connectivity index (χ3n) is 8.86. The van der Waals surface area contributed by atoms with Crippen molar-refractivity contribution in [3.8, 4) is 0 Å². The Balaban J connectivity index is 3.46. The molecule has 1 N–H and O–H groups in total. The van der Waals surface area contributed by atoms with Crippen molar-refractivity contribution >= 4 is 5.97 Å². The van der Waals surface area contributed by atoms with E-state index in [1.165, 1.54) is 122 Å². The summed E-state index contributed by atoms with van der Waals surface area (Å²) >= 11 is 0. The zero-order chi connectivity index (χ0) is 35.6. The summed E-state index contributed by atoms with van der Waals surface area (Å²) in [4.78, 5) is 12.2. The van der Waals surface area contributed by atoms with Gasteiger partial charge in [-0.1, -0.05) is 190 Å². The molecule has 0 spiro atoms. The first-order valence-electron chi connectivity index (χ1n) is 20.9. The molecule has 0 aromatic carbocycles. The molecule has 0 saturated carbocycles. The Kier molecular flexibility index (Phi) is 40.6. The second-order valence-corrected chi connectivity index (χ2v) is 13.7. The van der Waals surface area contributed by atoms with Crippen LogP contribution in [0.15, 0.2) is 60.8 Å². The minimum Gasteiger partial charge on any atom is -0.457 e. The molecule has 0 bridgehead atoms. The van der Waals surface area contributed by atoms with E-state index >= 15 is 0 Å². The van der Waals surface area contributed by atoms with E-state index in [0.717, 1.165) is 51.4 Å². The van der Waals surface area contributed by atoms with Crippen LogP contribution in [0.3, 0.4) is 0 Å². The molecule has 4 nitrogen and oxygen atoms in total. The molecule has 284 valence electrons. The predicted octanol–water partition coefficient (Wildman–Crippen LogP) is 13.7. The summed E-state index contributed by atoms with van der Waals surface area (Å²) in [6.07, 6.45) is 55.6. The molecule has 0 aromatic heterocycles. The Bertz CT molecular complexity index is 809. The number of carbonyl (C=O) groups excluding carboxylic acids is 1. The lowest BCUT2D eigenvalue weighted by Gasteiger charge is -2.16. The van der Waals surface area contributed by atoms with Gasteiger partial charge in [-0.3, -0.25) is 4.79 Å². The van der Waals surface area contributed by atoms with E-state index < -0.39 is 6.10 Å². The molecule has 0 amide bonds. The highest BCUT2D eigenvalue weighted by molar-refractivity contribution is 5.69. The second kappa shape index (κ2) is 42.3. The lowest BCUT2D eigenvalue weighted by atomic mass is 10.0. The highest BCUT2D eigenvalue weighted by atomic mass is 16.6. The van der Waals surface area contributed by atoms with Gasteiger partial charge in [-0.25, -0.2) is 0 Å². The van der Waals surface area contributed by atoms with Crippen molar-refractivity contribution in [3.63, 3.8) is 0 Å². The molecular formula is C45H80O4. The minimum absolute atomic E-state index is 0.175. The van der Waals surface area contributed by atoms with Crippen molar-refractivity contribution in [2.24, 2.45) is 0 Å². The van der Waals surface area contributed by atoms with Gasteiger partial charge in [0, 0.05) is 13.0 Å². The van der Waals surface area contributed by atoms with E-state index in [0.29, 0.717) is 19.6 Å². The number of rotatable bonds is 38. The monoisotopic (exact) mass is 685 g/mol. The molecule has 4 heteroatoms. The Morgan fingerprint density at radius 1 is 0.510 bits per heavy atom. The van der Waals surface area contributed by atoms with E-state index in [1.807, 2.05) is 0 Å². The molecule has 49 heavy (non-hydrogen) atoms. The third-order valence-corrected chi connectivity index (χ3v) is 8.86. The average Bonchev–Trinajstić information content (AvgIpc) is 3.11. The maximum Gasteiger partial charge on any atom is 0.306 e. The van der Waals surface area contributed by atoms with Crippen molar-refractivity contribution < 1.29 is 19.4 Å². The molecule has 0 radical (unpaired) electrons. The Morgan fingerprint density at radius 3 is 1.39 bits per heavy atom. The van der Waals surface area contributed by atoms with E-state index in [4.69, 9.17) is 9.47 Å². The Labute approximate surface area is 305 Å². The van der Waals surface area contributed by atoms with Crippen LogP contribution in [0.5, 0.6) is 0 Å². The molecule has 0 heterocycles. The average molecular weight is 685 g/mol. The van der Waals surface area contributed by atoms with E-state index in [2.05, 4.69) is 74.6 Å². The summed E-state index contributed by atoms with van der Waals surface area (Å²) in [6.45, 7) is 5.22. The van der Waals surface area contributed by atoms with Gasteiger partial charge in [0.25, 0.3) is 0 Å². The zero-order valence-corrected chi connectivity index (χ0v) is 32.4. The number of hydrogen-bond donors (Lipinski definition) is 1.